The number of hydrogen-bond acceptors (Lipinski definition) is 0. The van der Waals surface area contributed by atoms with Gasteiger partial charge in [0, 0.05) is 0 Å². The Balaban J connectivity index is -0.0000000139. The first kappa shape index (κ1) is 37.4. The molecule has 0 bridgehead atoms. The summed E-state index contributed by atoms with van der Waals surface area (Å²) in [6.45, 7) is 21.9. The summed E-state index contributed by atoms with van der Waals surface area (Å²) >= 11 is 0. The SMILES string of the molecule is C#CC.CC.CC.CC.CC.CCC. The van der Waals surface area contributed by atoms with Gasteiger partial charge in [-0.15, -0.1) is 12.3 Å². The van der Waals surface area contributed by atoms with Crippen LogP contribution in [0.25, 0.3) is 0 Å². The highest BCUT2D eigenvalue weighted by atomic mass is 13.4. The van der Waals surface area contributed by atoms with E-state index in [2.05, 4.69) is 26.2 Å². The van der Waals surface area contributed by atoms with Crippen molar-refractivity contribution in [3.63, 3.8) is 0 Å². The molecule has 0 aliphatic heterocycles. The second kappa shape index (κ2) is 690. The van der Waals surface area contributed by atoms with Crippen LogP contribution < -0.4 is 0 Å². The maximum atomic E-state index is 4.60. The van der Waals surface area contributed by atoms with Crippen molar-refractivity contribution in [2.75, 3.05) is 0 Å². The maximum Gasteiger partial charge on any atom is -0.00297 e. The van der Waals surface area contributed by atoms with Crippen LogP contribution in [0.4, 0.5) is 0 Å². The normalized spacial score (nSPS) is 3.57. The summed E-state index contributed by atoms with van der Waals surface area (Å²) in [6, 6.07) is 0. The predicted octanol–water partition coefficient (Wildman–Crippen LogP) is 6.16. The molecule has 0 nitrogen and oxygen atoms in total. The van der Waals surface area contributed by atoms with Gasteiger partial charge in [-0.3, -0.25) is 0 Å². The van der Waals surface area contributed by atoms with Crippen LogP contribution in [-0.2, 0) is 0 Å². The quantitative estimate of drug-likeness (QED) is 0.414. The molecule has 0 atom stereocenters. The van der Waals surface area contributed by atoms with Crippen molar-refractivity contribution in [3.05, 3.63) is 0 Å². The van der Waals surface area contributed by atoms with Gasteiger partial charge in [-0.2, -0.15) is 0 Å². The molecular weight excluding hydrogens is 168 g/mol. The lowest BCUT2D eigenvalue weighted by molar-refractivity contribution is 1.09. The van der Waals surface area contributed by atoms with Crippen LogP contribution in [0.5, 0.6) is 0 Å². The van der Waals surface area contributed by atoms with E-state index in [-0.39, 0.29) is 0 Å². The summed E-state index contributed by atoms with van der Waals surface area (Å²) in [7, 11) is 0. The molecule has 0 amide bonds. The van der Waals surface area contributed by atoms with Gasteiger partial charge in [0.2, 0.25) is 0 Å². The first-order valence-electron chi connectivity index (χ1n) is 6.20. The summed E-state index contributed by atoms with van der Waals surface area (Å²) in [6.07, 6.45) is 5.85. The fourth-order valence-corrected chi connectivity index (χ4v) is 0. The zero-order valence-corrected chi connectivity index (χ0v) is 12.8. The Morgan fingerprint density at radius 1 is 0.714 bits per heavy atom. The third-order valence-electron chi connectivity index (χ3n) is 0. The van der Waals surface area contributed by atoms with Crippen molar-refractivity contribution < 1.29 is 0 Å². The minimum absolute atomic E-state index is 1.25. The Bertz CT molecular complexity index is 29.8. The largest absolute Gasteiger partial charge is 0.120 e. The molecule has 0 aromatic heterocycles. The second-order valence-electron chi connectivity index (χ2n) is 0.996. The highest BCUT2D eigenvalue weighted by Crippen LogP contribution is 1.56. The monoisotopic (exact) mass is 204 g/mol. The summed E-state index contributed by atoms with van der Waals surface area (Å²) in [5, 5.41) is 0. The molecule has 14 heavy (non-hydrogen) atoms. The van der Waals surface area contributed by atoms with Gasteiger partial charge in [0.1, 0.15) is 0 Å². The number of terminal acetylenes is 1. The fourth-order valence-electron chi connectivity index (χ4n) is 0. The zero-order valence-electron chi connectivity index (χ0n) is 12.8. The minimum Gasteiger partial charge on any atom is -0.120 e. The lowest BCUT2D eigenvalue weighted by atomic mass is 10.6. The van der Waals surface area contributed by atoms with Gasteiger partial charge in [0.25, 0.3) is 0 Å². The molecule has 0 aliphatic carbocycles. The highest BCUT2D eigenvalue weighted by Gasteiger charge is 1.35. The molecule has 0 saturated carbocycles. The molecule has 0 N–H and O–H groups in total. The zero-order chi connectivity index (χ0) is 13.4. The summed E-state index contributed by atoms with van der Waals surface area (Å²) < 4.78 is 0. The average Bonchev–Trinajstić information content (AvgIpc) is 2.31. The molecule has 0 aromatic carbocycles. The smallest absolute Gasteiger partial charge is 0.00297 e. The minimum atomic E-state index is 1.25. The molecule has 0 unspecified atom stereocenters. The molecule has 0 spiro atoms. The summed E-state index contributed by atoms with van der Waals surface area (Å²) in [5.74, 6) is 2.25. The van der Waals surface area contributed by atoms with Crippen molar-refractivity contribution in [1.29, 1.82) is 0 Å². The van der Waals surface area contributed by atoms with Crippen molar-refractivity contribution in [2.24, 2.45) is 0 Å². The average molecular weight is 204 g/mol. The van der Waals surface area contributed by atoms with Crippen molar-refractivity contribution in [1.82, 2.24) is 0 Å². The lowest BCUT2D eigenvalue weighted by Crippen LogP contribution is -1.27. The van der Waals surface area contributed by atoms with Gasteiger partial charge in [-0.25, -0.2) is 0 Å². The molecular formula is C14H36. The molecule has 0 aromatic rings. The van der Waals surface area contributed by atoms with Crippen LogP contribution >= 0.6 is 0 Å². The van der Waals surface area contributed by atoms with Crippen LogP contribution in [0, 0.1) is 12.3 Å². The molecule has 0 heterocycles. The van der Waals surface area contributed by atoms with Gasteiger partial charge in [-0.05, 0) is 6.92 Å². The predicted molar refractivity (Wildman–Crippen MR) is 75.9 cm³/mol. The third kappa shape index (κ3) is 6660. The van der Waals surface area contributed by atoms with Gasteiger partial charge in [0.15, 0.2) is 0 Å². The Morgan fingerprint density at radius 2 is 0.714 bits per heavy atom. The van der Waals surface area contributed by atoms with Gasteiger partial charge in [-0.1, -0.05) is 75.7 Å². The van der Waals surface area contributed by atoms with E-state index in [1.54, 1.807) is 6.92 Å². The van der Waals surface area contributed by atoms with E-state index < -0.39 is 0 Å². The number of rotatable bonds is 0. The lowest BCUT2D eigenvalue weighted by Gasteiger charge is -1.48. The Hall–Kier alpha value is -0.440. The van der Waals surface area contributed by atoms with E-state index in [4.69, 9.17) is 0 Å². The van der Waals surface area contributed by atoms with Crippen molar-refractivity contribution in [3.8, 4) is 12.3 Å². The van der Waals surface area contributed by atoms with E-state index >= 15 is 0 Å². The van der Waals surface area contributed by atoms with Crippen LogP contribution in [0.2, 0.25) is 0 Å². The first-order chi connectivity index (χ1) is 6.83. The van der Waals surface area contributed by atoms with Crippen LogP contribution in [0.1, 0.15) is 82.6 Å². The molecule has 0 rings (SSSR count). The first-order valence-corrected chi connectivity index (χ1v) is 6.20. The maximum absolute atomic E-state index is 4.60. The van der Waals surface area contributed by atoms with Crippen molar-refractivity contribution >= 4 is 0 Å². The molecule has 0 heteroatoms. The fraction of sp³-hybridized carbons (Fsp3) is 0.857. The summed E-state index contributed by atoms with van der Waals surface area (Å²) in [4.78, 5) is 0. The van der Waals surface area contributed by atoms with E-state index in [0.717, 1.165) is 0 Å². The van der Waals surface area contributed by atoms with E-state index in [9.17, 15) is 0 Å². The topological polar surface area (TPSA) is 0 Å². The van der Waals surface area contributed by atoms with Gasteiger partial charge in [0.05, 0.1) is 0 Å². The summed E-state index contributed by atoms with van der Waals surface area (Å²) in [5.41, 5.74) is 0. The van der Waals surface area contributed by atoms with Crippen molar-refractivity contribution in [2.45, 2.75) is 82.6 Å². The van der Waals surface area contributed by atoms with E-state index in [1.165, 1.54) is 6.42 Å². The van der Waals surface area contributed by atoms with E-state index in [1.807, 2.05) is 55.4 Å². The molecule has 0 aliphatic rings. The third-order valence-corrected chi connectivity index (χ3v) is 0. The Kier molecular flexibility index (Phi) is 1840. The van der Waals surface area contributed by atoms with Crippen LogP contribution in [0.3, 0.4) is 0 Å². The molecule has 0 radical (unpaired) electrons. The van der Waals surface area contributed by atoms with Gasteiger partial charge >= 0.3 is 0 Å². The Labute approximate surface area is 95.5 Å². The second-order valence-corrected chi connectivity index (χ2v) is 0.996. The van der Waals surface area contributed by atoms with Gasteiger partial charge < -0.3 is 0 Å². The van der Waals surface area contributed by atoms with E-state index in [0.29, 0.717) is 0 Å². The highest BCUT2D eigenvalue weighted by molar-refractivity contribution is 4.73. The molecule has 92 valence electrons. The standard InChI is InChI=1S/C3H8.C3H4.4C2H6/c2*1-3-2;4*1-2/h3H2,1-2H3;1H,2H3;4*1-2H3. The Morgan fingerprint density at radius 3 is 0.714 bits per heavy atom. The molecule has 0 fully saturated rings. The van der Waals surface area contributed by atoms with Crippen LogP contribution in [-0.4, -0.2) is 0 Å². The number of hydrogen-bond donors (Lipinski definition) is 0. The van der Waals surface area contributed by atoms with Crippen LogP contribution in [0.15, 0.2) is 0 Å². The molecule has 0 saturated heterocycles.